The summed E-state index contributed by atoms with van der Waals surface area (Å²) in [6.45, 7) is -0.0169. The highest BCUT2D eigenvalue weighted by Gasteiger charge is 2.19. The van der Waals surface area contributed by atoms with E-state index in [9.17, 15) is 14.9 Å². The minimum atomic E-state index is -1.14. The molecule has 0 fully saturated rings. The van der Waals surface area contributed by atoms with Crippen molar-refractivity contribution in [1.82, 2.24) is 0 Å². The van der Waals surface area contributed by atoms with Crippen molar-refractivity contribution in [3.8, 4) is 5.75 Å². The third kappa shape index (κ3) is 3.67. The van der Waals surface area contributed by atoms with Crippen LogP contribution in [0.2, 0.25) is 0 Å². The summed E-state index contributed by atoms with van der Waals surface area (Å²) in [5.74, 6) is -1.07. The number of halogens is 1. The molecule has 8 heteroatoms. The molecule has 1 aromatic rings. The maximum atomic E-state index is 10.8. The molecule has 0 aliphatic rings. The number of nitro groups is 1. The first kappa shape index (κ1) is 14.4. The largest absolute Gasteiger partial charge is 0.486 e. The number of ether oxygens (including phenoxy) is 1. The predicted octanol–water partition coefficient (Wildman–Crippen LogP) is 1.54. The summed E-state index contributed by atoms with van der Waals surface area (Å²) >= 11 is 3.13. The minimum Gasteiger partial charge on any atom is -0.486 e. The maximum absolute atomic E-state index is 10.8. The first-order valence-corrected chi connectivity index (χ1v) is 5.77. The molecule has 98 valence electrons. The van der Waals surface area contributed by atoms with E-state index in [4.69, 9.17) is 15.6 Å². The number of nitrogens with two attached hydrogens (primary N) is 1. The quantitative estimate of drug-likeness (QED) is 0.607. The lowest BCUT2D eigenvalue weighted by Crippen LogP contribution is -2.31. The van der Waals surface area contributed by atoms with Gasteiger partial charge in [-0.1, -0.05) is 6.07 Å². The Hall–Kier alpha value is -1.67. The van der Waals surface area contributed by atoms with Crippen LogP contribution < -0.4 is 10.5 Å². The van der Waals surface area contributed by atoms with Crippen LogP contribution in [0.15, 0.2) is 22.7 Å². The Labute approximate surface area is 111 Å². The van der Waals surface area contributed by atoms with Gasteiger partial charge in [-0.3, -0.25) is 14.9 Å². The Morgan fingerprint density at radius 3 is 2.83 bits per heavy atom. The molecule has 0 radical (unpaired) electrons. The lowest BCUT2D eigenvalue weighted by atomic mass is 10.2. The van der Waals surface area contributed by atoms with Crippen molar-refractivity contribution in [2.75, 3.05) is 6.61 Å². The molecule has 1 aromatic carbocycles. The molecule has 0 saturated heterocycles. The van der Waals surface area contributed by atoms with Gasteiger partial charge in [-0.2, -0.15) is 0 Å². The summed E-state index contributed by atoms with van der Waals surface area (Å²) in [7, 11) is 0. The van der Waals surface area contributed by atoms with Crippen LogP contribution >= 0.6 is 15.9 Å². The van der Waals surface area contributed by atoms with Gasteiger partial charge in [0.2, 0.25) is 5.75 Å². The van der Waals surface area contributed by atoms with E-state index < -0.39 is 16.9 Å². The number of rotatable bonds is 6. The highest BCUT2D eigenvalue weighted by molar-refractivity contribution is 9.10. The molecule has 0 spiro atoms. The van der Waals surface area contributed by atoms with Crippen LogP contribution in [0, 0.1) is 10.1 Å². The van der Waals surface area contributed by atoms with Gasteiger partial charge in [-0.25, -0.2) is 0 Å². The number of carbonyl (C=O) groups is 1. The molecule has 0 saturated carbocycles. The minimum absolute atomic E-state index is 0.0169. The Kier molecular flexibility index (Phi) is 5.05. The Morgan fingerprint density at radius 1 is 1.61 bits per heavy atom. The Morgan fingerprint density at radius 2 is 2.28 bits per heavy atom. The predicted molar refractivity (Wildman–Crippen MR) is 66.5 cm³/mol. The molecule has 0 bridgehead atoms. The average Bonchev–Trinajstić information content (AvgIpc) is 2.30. The summed E-state index contributed by atoms with van der Waals surface area (Å²) in [6.07, 6.45) is 0.0633. The topological polar surface area (TPSA) is 116 Å². The van der Waals surface area contributed by atoms with Crippen LogP contribution in [-0.4, -0.2) is 28.6 Å². The molecule has 1 atom stereocenters. The smallest absolute Gasteiger partial charge is 0.320 e. The highest BCUT2D eigenvalue weighted by atomic mass is 79.9. The van der Waals surface area contributed by atoms with Gasteiger partial charge in [0.25, 0.3) is 0 Å². The molecule has 0 aromatic heterocycles. The molecular formula is C10H11BrN2O5. The van der Waals surface area contributed by atoms with Crippen LogP contribution in [0.3, 0.4) is 0 Å². The van der Waals surface area contributed by atoms with Crippen molar-refractivity contribution in [2.45, 2.75) is 12.5 Å². The van der Waals surface area contributed by atoms with Gasteiger partial charge in [-0.05, 0) is 22.0 Å². The van der Waals surface area contributed by atoms with Gasteiger partial charge in [0, 0.05) is 12.5 Å². The number of nitrogens with zero attached hydrogens (tertiary/aromatic N) is 1. The van der Waals surface area contributed by atoms with Gasteiger partial charge in [0.05, 0.1) is 16.0 Å². The number of para-hydroxylation sites is 1. The fraction of sp³-hybridized carbons (Fsp3) is 0.300. The van der Waals surface area contributed by atoms with Gasteiger partial charge in [0.15, 0.2) is 0 Å². The Bertz CT molecular complexity index is 466. The van der Waals surface area contributed by atoms with Crippen LogP contribution in [0.4, 0.5) is 5.69 Å². The van der Waals surface area contributed by atoms with Crippen molar-refractivity contribution in [3.05, 3.63) is 32.8 Å². The second-order valence-electron chi connectivity index (χ2n) is 3.43. The monoisotopic (exact) mass is 318 g/mol. The van der Waals surface area contributed by atoms with Gasteiger partial charge in [0.1, 0.15) is 6.04 Å². The van der Waals surface area contributed by atoms with Crippen molar-refractivity contribution in [2.24, 2.45) is 5.73 Å². The van der Waals surface area contributed by atoms with Crippen molar-refractivity contribution in [3.63, 3.8) is 0 Å². The van der Waals surface area contributed by atoms with Crippen molar-refractivity contribution < 1.29 is 19.6 Å². The molecule has 1 unspecified atom stereocenters. The molecular weight excluding hydrogens is 308 g/mol. The molecule has 3 N–H and O–H groups in total. The molecule has 0 aliphatic heterocycles. The van der Waals surface area contributed by atoms with Crippen molar-refractivity contribution >= 4 is 27.6 Å². The van der Waals surface area contributed by atoms with E-state index >= 15 is 0 Å². The summed E-state index contributed by atoms with van der Waals surface area (Å²) in [5, 5.41) is 19.3. The molecule has 1 rings (SSSR count). The fourth-order valence-corrected chi connectivity index (χ4v) is 1.67. The van der Waals surface area contributed by atoms with E-state index in [0.717, 1.165) is 0 Å². The zero-order chi connectivity index (χ0) is 13.7. The van der Waals surface area contributed by atoms with Crippen LogP contribution in [-0.2, 0) is 4.79 Å². The summed E-state index contributed by atoms with van der Waals surface area (Å²) < 4.78 is 5.65. The molecule has 18 heavy (non-hydrogen) atoms. The fourth-order valence-electron chi connectivity index (χ4n) is 1.20. The molecule has 0 amide bonds. The van der Waals surface area contributed by atoms with E-state index in [0.29, 0.717) is 4.47 Å². The van der Waals surface area contributed by atoms with Gasteiger partial charge >= 0.3 is 11.7 Å². The standard InChI is InChI=1S/C10H11BrN2O5/c11-6-2-1-3-8(13(16)17)9(6)18-5-4-7(12)10(14)15/h1-3,7H,4-5,12H2,(H,14,15). The van der Waals surface area contributed by atoms with E-state index in [2.05, 4.69) is 15.9 Å². The van der Waals surface area contributed by atoms with Crippen LogP contribution in [0.5, 0.6) is 5.75 Å². The lowest BCUT2D eigenvalue weighted by molar-refractivity contribution is -0.386. The molecule has 0 aliphatic carbocycles. The average molecular weight is 319 g/mol. The first-order valence-electron chi connectivity index (χ1n) is 4.97. The van der Waals surface area contributed by atoms with Crippen LogP contribution in [0.25, 0.3) is 0 Å². The molecule has 0 heterocycles. The van der Waals surface area contributed by atoms with E-state index in [-0.39, 0.29) is 24.5 Å². The molecule has 7 nitrogen and oxygen atoms in total. The van der Waals surface area contributed by atoms with E-state index in [1.165, 1.54) is 12.1 Å². The summed E-state index contributed by atoms with van der Waals surface area (Å²) in [5.41, 5.74) is 5.10. The number of aliphatic carboxylic acids is 1. The summed E-state index contributed by atoms with van der Waals surface area (Å²) in [6, 6.07) is 3.36. The second-order valence-corrected chi connectivity index (χ2v) is 4.28. The number of nitro benzene ring substituents is 1. The van der Waals surface area contributed by atoms with Gasteiger partial charge in [-0.15, -0.1) is 0 Å². The summed E-state index contributed by atoms with van der Waals surface area (Å²) in [4.78, 5) is 20.7. The number of benzene rings is 1. The zero-order valence-corrected chi connectivity index (χ0v) is 10.8. The highest BCUT2D eigenvalue weighted by Crippen LogP contribution is 2.34. The third-order valence-corrected chi connectivity index (χ3v) is 2.76. The van der Waals surface area contributed by atoms with Crippen molar-refractivity contribution in [1.29, 1.82) is 0 Å². The number of carboxylic acid groups (broad SMARTS) is 1. The third-order valence-electron chi connectivity index (χ3n) is 2.14. The first-order chi connectivity index (χ1) is 8.43. The lowest BCUT2D eigenvalue weighted by Gasteiger charge is -2.10. The number of carboxylic acids is 1. The number of hydrogen-bond donors (Lipinski definition) is 2. The SMILES string of the molecule is NC(CCOc1c(Br)cccc1[N+](=O)[O-])C(=O)O. The van der Waals surface area contributed by atoms with E-state index in [1.54, 1.807) is 6.07 Å². The van der Waals surface area contributed by atoms with E-state index in [1.807, 2.05) is 0 Å². The number of hydrogen-bond acceptors (Lipinski definition) is 5. The van der Waals surface area contributed by atoms with Crippen LogP contribution in [0.1, 0.15) is 6.42 Å². The van der Waals surface area contributed by atoms with Gasteiger partial charge < -0.3 is 15.6 Å². The normalized spacial score (nSPS) is 11.9. The zero-order valence-electron chi connectivity index (χ0n) is 9.21. The Balaban J connectivity index is 2.72. The maximum Gasteiger partial charge on any atom is 0.320 e. The second kappa shape index (κ2) is 6.31.